The number of hydrogen-bond acceptors (Lipinski definition) is 5. The number of rotatable bonds is 5. The van der Waals surface area contributed by atoms with Gasteiger partial charge in [0.15, 0.2) is 0 Å². The fourth-order valence-corrected chi connectivity index (χ4v) is 4.72. The Hall–Kier alpha value is -1.48. The second kappa shape index (κ2) is 7.82. The number of hydrogen-bond donors (Lipinski definition) is 1. The van der Waals surface area contributed by atoms with Gasteiger partial charge in [-0.2, -0.15) is 4.31 Å². The lowest BCUT2D eigenvalue weighted by atomic mass is 10.1. The number of morpholine rings is 1. The molecule has 8 heteroatoms. The third-order valence-electron chi connectivity index (χ3n) is 4.55. The Kier molecular flexibility index (Phi) is 5.73. The number of benzene rings is 1. The largest absolute Gasteiger partial charge is 0.379 e. The van der Waals surface area contributed by atoms with E-state index < -0.39 is 10.0 Å². The minimum Gasteiger partial charge on any atom is -0.379 e. The van der Waals surface area contributed by atoms with E-state index in [9.17, 15) is 13.2 Å². The van der Waals surface area contributed by atoms with Crippen LogP contribution in [0.5, 0.6) is 0 Å². The van der Waals surface area contributed by atoms with Gasteiger partial charge in [-0.3, -0.25) is 4.79 Å². The summed E-state index contributed by atoms with van der Waals surface area (Å²) in [5.74, 6) is -0.283. The van der Waals surface area contributed by atoms with Crippen LogP contribution in [-0.4, -0.2) is 64.2 Å². The van der Waals surface area contributed by atoms with E-state index in [2.05, 4.69) is 5.32 Å². The van der Waals surface area contributed by atoms with Crippen LogP contribution in [0.1, 0.15) is 28.8 Å². The predicted octanol–water partition coefficient (Wildman–Crippen LogP) is 0.925. The number of sulfonamides is 1. The van der Waals surface area contributed by atoms with Crippen LogP contribution in [0.15, 0.2) is 23.1 Å². The molecule has 1 amide bonds. The van der Waals surface area contributed by atoms with Crippen molar-refractivity contribution in [2.75, 3.05) is 39.5 Å². The normalized spacial score (nSPS) is 22.0. The smallest absolute Gasteiger partial charge is 0.251 e. The highest BCUT2D eigenvalue weighted by molar-refractivity contribution is 7.89. The minimum atomic E-state index is -3.63. The third-order valence-corrected chi connectivity index (χ3v) is 6.59. The zero-order chi connectivity index (χ0) is 17.9. The van der Waals surface area contributed by atoms with Crippen LogP contribution in [0, 0.1) is 6.92 Å². The third kappa shape index (κ3) is 4.20. The first-order valence-electron chi connectivity index (χ1n) is 8.57. The Labute approximate surface area is 148 Å². The van der Waals surface area contributed by atoms with Crippen molar-refractivity contribution >= 4 is 15.9 Å². The summed E-state index contributed by atoms with van der Waals surface area (Å²) in [6.45, 7) is 4.35. The lowest BCUT2D eigenvalue weighted by Crippen LogP contribution is -2.41. The predicted molar refractivity (Wildman–Crippen MR) is 92.1 cm³/mol. The molecule has 0 aliphatic carbocycles. The number of amides is 1. The first-order chi connectivity index (χ1) is 12.0. The minimum absolute atomic E-state index is 0.0472. The van der Waals surface area contributed by atoms with Gasteiger partial charge in [0.2, 0.25) is 10.0 Å². The number of nitrogens with one attached hydrogen (secondary N) is 1. The molecule has 1 unspecified atom stereocenters. The summed E-state index contributed by atoms with van der Waals surface area (Å²) in [5, 5.41) is 2.83. The average molecular weight is 368 g/mol. The molecule has 1 N–H and O–H groups in total. The fraction of sp³-hybridized carbons (Fsp3) is 0.588. The van der Waals surface area contributed by atoms with Gasteiger partial charge in [0.1, 0.15) is 0 Å². The SMILES string of the molecule is Cc1ccc(C(=O)NCC2CCCO2)cc1S(=O)(=O)N1CCOCC1. The quantitative estimate of drug-likeness (QED) is 0.836. The Bertz CT molecular complexity index is 723. The monoisotopic (exact) mass is 368 g/mol. The van der Waals surface area contributed by atoms with Crippen molar-refractivity contribution < 1.29 is 22.7 Å². The highest BCUT2D eigenvalue weighted by atomic mass is 32.2. The van der Waals surface area contributed by atoms with Crippen LogP contribution >= 0.6 is 0 Å². The van der Waals surface area contributed by atoms with Gasteiger partial charge >= 0.3 is 0 Å². The lowest BCUT2D eigenvalue weighted by Gasteiger charge is -2.26. The van der Waals surface area contributed by atoms with Crippen molar-refractivity contribution in [3.63, 3.8) is 0 Å². The molecule has 25 heavy (non-hydrogen) atoms. The molecule has 7 nitrogen and oxygen atoms in total. The lowest BCUT2D eigenvalue weighted by molar-refractivity contribution is 0.0730. The maximum absolute atomic E-state index is 12.9. The van der Waals surface area contributed by atoms with Crippen molar-refractivity contribution in [1.82, 2.24) is 9.62 Å². The van der Waals surface area contributed by atoms with E-state index >= 15 is 0 Å². The van der Waals surface area contributed by atoms with E-state index in [0.717, 1.165) is 19.4 Å². The highest BCUT2D eigenvalue weighted by Gasteiger charge is 2.28. The standard InChI is InChI=1S/C17H24N2O5S/c1-13-4-5-14(17(20)18-12-15-3-2-8-24-15)11-16(13)25(21,22)19-6-9-23-10-7-19/h4-5,11,15H,2-3,6-10,12H2,1H3,(H,18,20). The van der Waals surface area contributed by atoms with E-state index in [1.54, 1.807) is 19.1 Å². The van der Waals surface area contributed by atoms with E-state index in [1.807, 2.05) is 0 Å². The van der Waals surface area contributed by atoms with Gasteiger partial charge < -0.3 is 14.8 Å². The molecule has 3 rings (SSSR count). The van der Waals surface area contributed by atoms with Crippen molar-refractivity contribution in [2.45, 2.75) is 30.8 Å². The van der Waals surface area contributed by atoms with E-state index in [1.165, 1.54) is 10.4 Å². The summed E-state index contributed by atoms with van der Waals surface area (Å²) in [5.41, 5.74) is 0.970. The summed E-state index contributed by atoms with van der Waals surface area (Å²) in [7, 11) is -3.63. The molecule has 1 aromatic rings. The summed E-state index contributed by atoms with van der Waals surface area (Å²) in [6, 6.07) is 4.79. The van der Waals surface area contributed by atoms with Crippen LogP contribution in [0.25, 0.3) is 0 Å². The zero-order valence-corrected chi connectivity index (χ0v) is 15.2. The topological polar surface area (TPSA) is 84.9 Å². The summed E-state index contributed by atoms with van der Waals surface area (Å²) in [6.07, 6.45) is 1.99. The van der Waals surface area contributed by atoms with E-state index in [-0.39, 0.29) is 16.9 Å². The Balaban J connectivity index is 1.76. The fourth-order valence-electron chi connectivity index (χ4n) is 3.06. The van der Waals surface area contributed by atoms with E-state index in [4.69, 9.17) is 9.47 Å². The van der Waals surface area contributed by atoms with Gasteiger partial charge in [0.25, 0.3) is 5.91 Å². The molecule has 2 heterocycles. The number of ether oxygens (including phenoxy) is 2. The molecule has 0 spiro atoms. The van der Waals surface area contributed by atoms with Crippen molar-refractivity contribution in [2.24, 2.45) is 0 Å². The van der Waals surface area contributed by atoms with Crippen molar-refractivity contribution in [3.05, 3.63) is 29.3 Å². The van der Waals surface area contributed by atoms with Crippen molar-refractivity contribution in [3.8, 4) is 0 Å². The molecule has 138 valence electrons. The summed E-state index contributed by atoms with van der Waals surface area (Å²) < 4.78 is 37.9. The highest BCUT2D eigenvalue weighted by Crippen LogP contribution is 2.22. The molecule has 0 aromatic heterocycles. The second-order valence-corrected chi connectivity index (χ2v) is 8.25. The number of aryl methyl sites for hydroxylation is 1. The maximum Gasteiger partial charge on any atom is 0.251 e. The number of nitrogens with zero attached hydrogens (tertiary/aromatic N) is 1. The number of carbonyl (C=O) groups excluding carboxylic acids is 1. The molecule has 0 bridgehead atoms. The molecule has 0 radical (unpaired) electrons. The van der Waals surface area contributed by atoms with Gasteiger partial charge in [-0.1, -0.05) is 6.07 Å². The van der Waals surface area contributed by atoms with Gasteiger partial charge in [0.05, 0.1) is 24.2 Å². The Morgan fingerprint density at radius 3 is 2.72 bits per heavy atom. The Morgan fingerprint density at radius 2 is 2.04 bits per heavy atom. The van der Waals surface area contributed by atoms with Gasteiger partial charge in [0, 0.05) is 31.8 Å². The first-order valence-corrected chi connectivity index (χ1v) is 10.0. The summed E-state index contributed by atoms with van der Waals surface area (Å²) >= 11 is 0. The van der Waals surface area contributed by atoms with Crippen LogP contribution in [-0.2, 0) is 19.5 Å². The molecule has 2 fully saturated rings. The van der Waals surface area contributed by atoms with Crippen LogP contribution in [0.4, 0.5) is 0 Å². The molecule has 1 atom stereocenters. The van der Waals surface area contributed by atoms with Gasteiger partial charge in [-0.25, -0.2) is 8.42 Å². The summed E-state index contributed by atoms with van der Waals surface area (Å²) in [4.78, 5) is 12.6. The van der Waals surface area contributed by atoms with Crippen LogP contribution in [0.3, 0.4) is 0 Å². The van der Waals surface area contributed by atoms with Crippen molar-refractivity contribution in [1.29, 1.82) is 0 Å². The zero-order valence-electron chi connectivity index (χ0n) is 14.4. The van der Waals surface area contributed by atoms with E-state index in [0.29, 0.717) is 44.0 Å². The first kappa shape index (κ1) is 18.3. The van der Waals surface area contributed by atoms with Crippen LogP contribution < -0.4 is 5.32 Å². The Morgan fingerprint density at radius 1 is 1.28 bits per heavy atom. The molecule has 2 saturated heterocycles. The molecule has 1 aromatic carbocycles. The van der Waals surface area contributed by atoms with Crippen LogP contribution in [0.2, 0.25) is 0 Å². The molecule has 2 aliphatic heterocycles. The average Bonchev–Trinajstić information content (AvgIpc) is 3.14. The second-order valence-electron chi connectivity index (χ2n) is 6.34. The maximum atomic E-state index is 12.9. The molecular weight excluding hydrogens is 344 g/mol. The molecular formula is C17H24N2O5S. The number of carbonyl (C=O) groups is 1. The van der Waals surface area contributed by atoms with Gasteiger partial charge in [-0.05, 0) is 37.5 Å². The molecule has 0 saturated carbocycles. The molecule has 2 aliphatic rings. The van der Waals surface area contributed by atoms with Gasteiger partial charge in [-0.15, -0.1) is 0 Å².